The van der Waals surface area contributed by atoms with Gasteiger partial charge in [-0.25, -0.2) is 22.3 Å². The second-order valence-electron chi connectivity index (χ2n) is 9.44. The third-order valence-electron chi connectivity index (χ3n) is 6.63. The number of sulfonamides is 1. The minimum atomic E-state index is -4.02. The summed E-state index contributed by atoms with van der Waals surface area (Å²) in [5.41, 5.74) is 1.09. The van der Waals surface area contributed by atoms with E-state index in [0.29, 0.717) is 24.0 Å². The molecular formula is C25H24FN6O4S+. The number of allylic oxidation sites excluding steroid dienone is 1. The fourth-order valence-electron chi connectivity index (χ4n) is 4.35. The number of hydrogen-bond donors (Lipinski definition) is 1. The number of alkyl halides is 1. The van der Waals surface area contributed by atoms with E-state index < -0.39 is 39.4 Å². The Kier molecular flexibility index (Phi) is 6.13. The topological polar surface area (TPSA) is 128 Å². The molecule has 10 nitrogen and oxygen atoms in total. The number of carbonyl (C=O) groups excluding carboxylic acids is 2. The van der Waals surface area contributed by atoms with Gasteiger partial charge in [-0.3, -0.25) is 4.68 Å². The maximum Gasteiger partial charge on any atom is 0.502 e. The quantitative estimate of drug-likeness (QED) is 0.525. The van der Waals surface area contributed by atoms with Crippen molar-refractivity contribution in [3.8, 4) is 6.07 Å². The van der Waals surface area contributed by atoms with Gasteiger partial charge < -0.3 is 0 Å². The van der Waals surface area contributed by atoms with Crippen molar-refractivity contribution in [2.45, 2.75) is 36.7 Å². The van der Waals surface area contributed by atoms with Crippen molar-refractivity contribution >= 4 is 27.7 Å². The molecular weight excluding hydrogens is 499 g/mol. The molecule has 1 aromatic carbocycles. The SMILES string of the molecule is Cn1cc(CN2C(=O)C3=CC(S(=O)(=O)NC4(CF)CC4)C=CC3=[N+](Cc3ccc(C#N)cc3)C2=O)cn1. The number of imide groups is 1. The van der Waals surface area contributed by atoms with E-state index in [1.165, 1.54) is 22.8 Å². The van der Waals surface area contributed by atoms with Gasteiger partial charge in [0.15, 0.2) is 0 Å². The first kappa shape index (κ1) is 24.7. The average molecular weight is 524 g/mol. The number of hydrogen-bond acceptors (Lipinski definition) is 6. The van der Waals surface area contributed by atoms with Crippen molar-refractivity contribution in [2.24, 2.45) is 7.05 Å². The molecule has 1 fully saturated rings. The zero-order valence-electron chi connectivity index (χ0n) is 20.0. The lowest BCUT2D eigenvalue weighted by molar-refractivity contribution is -0.453. The first-order valence-corrected chi connectivity index (χ1v) is 13.2. The Bertz CT molecular complexity index is 1530. The summed E-state index contributed by atoms with van der Waals surface area (Å²) in [5.74, 6) is -0.629. The Labute approximate surface area is 213 Å². The summed E-state index contributed by atoms with van der Waals surface area (Å²) in [6, 6.07) is 8.17. The molecule has 0 saturated heterocycles. The van der Waals surface area contributed by atoms with Gasteiger partial charge in [0.1, 0.15) is 36.3 Å². The maximum absolute atomic E-state index is 13.5. The highest BCUT2D eigenvalue weighted by atomic mass is 32.2. The minimum Gasteiger partial charge on any atom is -0.275 e. The van der Waals surface area contributed by atoms with Gasteiger partial charge in [-0.2, -0.15) is 24.6 Å². The molecule has 1 unspecified atom stereocenters. The fourth-order valence-corrected chi connectivity index (χ4v) is 5.95. The molecule has 2 aliphatic carbocycles. The number of carbonyl (C=O) groups is 2. The first-order valence-electron chi connectivity index (χ1n) is 11.6. The third-order valence-corrected chi connectivity index (χ3v) is 8.36. The van der Waals surface area contributed by atoms with Crippen molar-refractivity contribution in [3.05, 3.63) is 77.2 Å². The van der Waals surface area contributed by atoms with Crippen LogP contribution < -0.4 is 4.72 Å². The lowest BCUT2D eigenvalue weighted by Gasteiger charge is -2.26. The molecule has 5 rings (SSSR count). The number of nitrogens with one attached hydrogen (secondary N) is 1. The molecule has 1 aromatic heterocycles. The van der Waals surface area contributed by atoms with Crippen LogP contribution in [0.3, 0.4) is 0 Å². The van der Waals surface area contributed by atoms with Gasteiger partial charge in [-0.15, -0.1) is 0 Å². The third kappa shape index (κ3) is 4.75. The molecule has 3 aliphatic rings. The van der Waals surface area contributed by atoms with Crippen molar-refractivity contribution < 1.29 is 27.0 Å². The Hall–Kier alpha value is -3.95. The van der Waals surface area contributed by atoms with E-state index in [2.05, 4.69) is 9.82 Å². The summed E-state index contributed by atoms with van der Waals surface area (Å²) >= 11 is 0. The molecule has 190 valence electrons. The number of aryl methyl sites for hydroxylation is 1. The predicted octanol–water partition coefficient (Wildman–Crippen LogP) is 1.69. The molecule has 37 heavy (non-hydrogen) atoms. The highest BCUT2D eigenvalue weighted by Gasteiger charge is 2.49. The Morgan fingerprint density at radius 1 is 1.24 bits per heavy atom. The monoisotopic (exact) mass is 523 g/mol. The van der Waals surface area contributed by atoms with Crippen LogP contribution in [0.15, 0.2) is 60.5 Å². The number of aromatic nitrogens is 2. The van der Waals surface area contributed by atoms with E-state index in [1.807, 2.05) is 6.07 Å². The van der Waals surface area contributed by atoms with E-state index in [9.17, 15) is 22.4 Å². The minimum absolute atomic E-state index is 0.0512. The number of fused-ring (bicyclic) bond motifs is 1. The van der Waals surface area contributed by atoms with Gasteiger partial charge in [0.2, 0.25) is 10.0 Å². The lowest BCUT2D eigenvalue weighted by Crippen LogP contribution is -2.51. The Morgan fingerprint density at radius 2 is 1.97 bits per heavy atom. The number of urea groups is 1. The van der Waals surface area contributed by atoms with Crippen molar-refractivity contribution in [1.29, 1.82) is 5.26 Å². The van der Waals surface area contributed by atoms with E-state index in [0.717, 1.165) is 10.5 Å². The van der Waals surface area contributed by atoms with Crippen LogP contribution in [-0.4, -0.2) is 62.8 Å². The second-order valence-corrected chi connectivity index (χ2v) is 11.3. The molecule has 1 atom stereocenters. The summed E-state index contributed by atoms with van der Waals surface area (Å²) in [4.78, 5) is 28.1. The molecule has 2 heterocycles. The molecule has 1 N–H and O–H groups in total. The standard InChI is InChI=1S/C25H24FN6O4S/c1-30-13-19(12-28-30)15-32-23(33)21-10-20(37(35,36)29-25(16-26)8-9-25)6-7-22(21)31(24(32)34)14-18-4-2-17(11-27)3-5-18/h2-7,10,12-13,20,29H,8-9,14-16H2,1H3/q+1. The zero-order chi connectivity index (χ0) is 26.4. The van der Waals surface area contributed by atoms with E-state index in [-0.39, 0.29) is 24.4 Å². The van der Waals surface area contributed by atoms with E-state index >= 15 is 0 Å². The number of amides is 3. The van der Waals surface area contributed by atoms with E-state index in [1.54, 1.807) is 48.4 Å². The second kappa shape index (κ2) is 9.17. The van der Waals surface area contributed by atoms with Crippen LogP contribution in [0.25, 0.3) is 0 Å². The maximum atomic E-state index is 13.5. The molecule has 0 bridgehead atoms. The highest BCUT2D eigenvalue weighted by Crippen LogP contribution is 2.37. The smallest absolute Gasteiger partial charge is 0.275 e. The average Bonchev–Trinajstić information content (AvgIpc) is 3.54. The number of halogens is 1. The Balaban J connectivity index is 1.53. The molecule has 2 aromatic rings. The van der Waals surface area contributed by atoms with Gasteiger partial charge in [-0.05, 0) is 42.7 Å². The van der Waals surface area contributed by atoms with Gasteiger partial charge >= 0.3 is 11.9 Å². The first-order chi connectivity index (χ1) is 17.6. The van der Waals surface area contributed by atoms with Crippen molar-refractivity contribution in [1.82, 2.24) is 19.4 Å². The fraction of sp³-hybridized carbons (Fsp3) is 0.320. The van der Waals surface area contributed by atoms with Gasteiger partial charge in [0, 0.05) is 18.8 Å². The molecule has 0 radical (unpaired) electrons. The van der Waals surface area contributed by atoms with Crippen LogP contribution in [-0.2, 0) is 35.0 Å². The predicted molar refractivity (Wildman–Crippen MR) is 130 cm³/mol. The molecule has 12 heteroatoms. The lowest BCUT2D eigenvalue weighted by atomic mass is 9.99. The normalized spacial score (nSPS) is 20.5. The molecule has 1 aliphatic heterocycles. The molecule has 0 spiro atoms. The van der Waals surface area contributed by atoms with Crippen LogP contribution in [0.4, 0.5) is 9.18 Å². The highest BCUT2D eigenvalue weighted by molar-refractivity contribution is 7.90. The van der Waals surface area contributed by atoms with Gasteiger partial charge in [0.05, 0.1) is 23.4 Å². The van der Waals surface area contributed by atoms with E-state index in [4.69, 9.17) is 5.26 Å². The van der Waals surface area contributed by atoms with Crippen LogP contribution >= 0.6 is 0 Å². The summed E-state index contributed by atoms with van der Waals surface area (Å²) in [6.07, 6.45) is 8.21. The number of nitriles is 1. The van der Waals surface area contributed by atoms with Crippen LogP contribution in [0.2, 0.25) is 0 Å². The van der Waals surface area contributed by atoms with Crippen LogP contribution in [0, 0.1) is 11.3 Å². The van der Waals surface area contributed by atoms with Crippen molar-refractivity contribution in [2.75, 3.05) is 6.67 Å². The summed E-state index contributed by atoms with van der Waals surface area (Å²) in [7, 11) is -2.30. The number of rotatable bonds is 8. The van der Waals surface area contributed by atoms with Gasteiger partial charge in [-0.1, -0.05) is 18.2 Å². The number of benzene rings is 1. The molecule has 1 saturated carbocycles. The number of nitrogens with zero attached hydrogens (tertiary/aromatic N) is 5. The largest absolute Gasteiger partial charge is 0.502 e. The summed E-state index contributed by atoms with van der Waals surface area (Å²) in [5, 5.41) is 12.0. The molecule has 3 amide bonds. The Morgan fingerprint density at radius 3 is 2.57 bits per heavy atom. The van der Waals surface area contributed by atoms with Crippen molar-refractivity contribution in [3.63, 3.8) is 0 Å². The summed E-state index contributed by atoms with van der Waals surface area (Å²) < 4.78 is 44.8. The summed E-state index contributed by atoms with van der Waals surface area (Å²) in [6.45, 7) is -0.759. The zero-order valence-corrected chi connectivity index (χ0v) is 20.8. The van der Waals surface area contributed by atoms with Crippen LogP contribution in [0.1, 0.15) is 29.5 Å². The van der Waals surface area contributed by atoms with Gasteiger partial charge in [0.25, 0.3) is 0 Å². The van der Waals surface area contributed by atoms with Crippen LogP contribution in [0.5, 0.6) is 0 Å².